The number of rotatable bonds is 7. The van der Waals surface area contributed by atoms with Gasteiger partial charge in [-0.3, -0.25) is 14.9 Å². The number of hydrogen-bond donors (Lipinski definition) is 2. The van der Waals surface area contributed by atoms with E-state index < -0.39 is 10.8 Å². The Balaban J connectivity index is 2.68. The van der Waals surface area contributed by atoms with E-state index in [9.17, 15) is 14.9 Å². The predicted octanol–water partition coefficient (Wildman–Crippen LogP) is 0.462. The molecule has 0 unspecified atom stereocenters. The molecule has 1 aromatic carbocycles. The molecule has 8 nitrogen and oxygen atoms in total. The Kier molecular flexibility index (Phi) is 5.93. The van der Waals surface area contributed by atoms with Gasteiger partial charge in [-0.2, -0.15) is 5.26 Å². The van der Waals surface area contributed by atoms with Crippen LogP contribution >= 0.6 is 0 Å². The number of hydrogen-bond acceptors (Lipinski definition) is 6. The van der Waals surface area contributed by atoms with E-state index in [-0.39, 0.29) is 37.6 Å². The number of nitro groups is 1. The third-order valence-corrected chi connectivity index (χ3v) is 2.37. The van der Waals surface area contributed by atoms with Gasteiger partial charge in [0, 0.05) is 19.2 Å². The van der Waals surface area contributed by atoms with Crippen molar-refractivity contribution < 1.29 is 14.5 Å². The molecule has 0 bridgehead atoms. The van der Waals surface area contributed by atoms with Gasteiger partial charge in [0.05, 0.1) is 17.4 Å². The number of carbonyl (C=O) groups excluding carboxylic acids is 1. The first-order chi connectivity index (χ1) is 9.58. The fourth-order valence-corrected chi connectivity index (χ4v) is 1.40. The van der Waals surface area contributed by atoms with Gasteiger partial charge >= 0.3 is 5.69 Å². The molecule has 8 heteroatoms. The van der Waals surface area contributed by atoms with E-state index in [2.05, 4.69) is 5.32 Å². The average molecular weight is 278 g/mol. The van der Waals surface area contributed by atoms with Gasteiger partial charge in [0.15, 0.2) is 12.4 Å². The third-order valence-electron chi connectivity index (χ3n) is 2.37. The molecule has 20 heavy (non-hydrogen) atoms. The topological polar surface area (TPSA) is 131 Å². The summed E-state index contributed by atoms with van der Waals surface area (Å²) in [5.41, 5.74) is 5.88. The zero-order chi connectivity index (χ0) is 15.0. The number of benzene rings is 1. The number of nitriles is 1. The van der Waals surface area contributed by atoms with Crippen LogP contribution in [0.25, 0.3) is 0 Å². The molecule has 0 saturated heterocycles. The Bertz CT molecular complexity index is 539. The second-order valence-electron chi connectivity index (χ2n) is 3.81. The van der Waals surface area contributed by atoms with Gasteiger partial charge in [0.2, 0.25) is 0 Å². The number of ether oxygens (including phenoxy) is 1. The van der Waals surface area contributed by atoms with Gasteiger partial charge in [-0.05, 0) is 11.6 Å². The quantitative estimate of drug-likeness (QED) is 0.423. The minimum absolute atomic E-state index is 0.00613. The molecule has 0 fully saturated rings. The Morgan fingerprint density at radius 1 is 1.55 bits per heavy atom. The van der Waals surface area contributed by atoms with Crippen LogP contribution in [0.2, 0.25) is 0 Å². The molecule has 0 spiro atoms. The number of nitro benzene ring substituents is 1. The maximum Gasteiger partial charge on any atom is 0.310 e. The van der Waals surface area contributed by atoms with Crippen molar-refractivity contribution in [1.82, 2.24) is 5.32 Å². The number of amides is 1. The van der Waals surface area contributed by atoms with Crippen LogP contribution in [-0.4, -0.2) is 24.0 Å². The zero-order valence-electron chi connectivity index (χ0n) is 10.7. The van der Waals surface area contributed by atoms with Crippen LogP contribution in [-0.2, 0) is 11.3 Å². The molecule has 1 rings (SSSR count). The van der Waals surface area contributed by atoms with Crippen molar-refractivity contribution in [2.75, 3.05) is 13.2 Å². The standard InChI is InChI=1S/C12H14N4O4/c13-4-1-5-15-12(17)8-20-11-6-9(7-14)2-3-10(11)16(18)19/h2-3,6H,1,5,7-8,14H2,(H,15,17). The highest BCUT2D eigenvalue weighted by Crippen LogP contribution is 2.27. The Labute approximate surface area is 115 Å². The van der Waals surface area contributed by atoms with Gasteiger partial charge in [0.1, 0.15) is 0 Å². The van der Waals surface area contributed by atoms with E-state index in [1.807, 2.05) is 6.07 Å². The summed E-state index contributed by atoms with van der Waals surface area (Å²) in [6.07, 6.45) is 0.189. The van der Waals surface area contributed by atoms with Crippen LogP contribution in [0.3, 0.4) is 0 Å². The van der Waals surface area contributed by atoms with Crippen molar-refractivity contribution in [3.8, 4) is 11.8 Å². The lowest BCUT2D eigenvalue weighted by Gasteiger charge is -2.08. The zero-order valence-corrected chi connectivity index (χ0v) is 10.7. The van der Waals surface area contributed by atoms with Crippen LogP contribution in [0.1, 0.15) is 12.0 Å². The molecular formula is C12H14N4O4. The van der Waals surface area contributed by atoms with E-state index in [0.717, 1.165) is 0 Å². The van der Waals surface area contributed by atoms with Crippen molar-refractivity contribution in [3.05, 3.63) is 33.9 Å². The van der Waals surface area contributed by atoms with E-state index >= 15 is 0 Å². The highest BCUT2D eigenvalue weighted by Gasteiger charge is 2.16. The van der Waals surface area contributed by atoms with Gasteiger partial charge < -0.3 is 15.8 Å². The number of nitrogens with zero attached hydrogens (tertiary/aromatic N) is 2. The molecule has 106 valence electrons. The maximum absolute atomic E-state index is 11.4. The molecule has 0 heterocycles. The monoisotopic (exact) mass is 278 g/mol. The summed E-state index contributed by atoms with van der Waals surface area (Å²) >= 11 is 0. The lowest BCUT2D eigenvalue weighted by Crippen LogP contribution is -2.29. The molecule has 0 atom stereocenters. The van der Waals surface area contributed by atoms with Gasteiger partial charge in [-0.1, -0.05) is 6.07 Å². The van der Waals surface area contributed by atoms with Crippen LogP contribution in [0.15, 0.2) is 18.2 Å². The Hall–Kier alpha value is -2.66. The first-order valence-corrected chi connectivity index (χ1v) is 5.82. The van der Waals surface area contributed by atoms with Crippen LogP contribution in [0, 0.1) is 21.4 Å². The second kappa shape index (κ2) is 7.70. The Morgan fingerprint density at radius 2 is 2.30 bits per heavy atom. The number of nitrogens with two attached hydrogens (primary N) is 1. The number of carbonyl (C=O) groups is 1. The largest absolute Gasteiger partial charge is 0.477 e. The van der Waals surface area contributed by atoms with E-state index in [4.69, 9.17) is 15.7 Å². The molecule has 0 aliphatic carbocycles. The van der Waals surface area contributed by atoms with Crippen molar-refractivity contribution in [2.24, 2.45) is 5.73 Å². The molecule has 0 saturated carbocycles. The first kappa shape index (κ1) is 15.4. The van der Waals surface area contributed by atoms with Crippen molar-refractivity contribution in [1.29, 1.82) is 5.26 Å². The van der Waals surface area contributed by atoms with Gasteiger partial charge in [0.25, 0.3) is 5.91 Å². The van der Waals surface area contributed by atoms with E-state index in [1.54, 1.807) is 0 Å². The summed E-state index contributed by atoms with van der Waals surface area (Å²) in [6.45, 7) is 0.0621. The van der Waals surface area contributed by atoms with Gasteiger partial charge in [-0.15, -0.1) is 0 Å². The predicted molar refractivity (Wildman–Crippen MR) is 69.7 cm³/mol. The minimum Gasteiger partial charge on any atom is -0.477 e. The maximum atomic E-state index is 11.4. The molecule has 0 aromatic heterocycles. The van der Waals surface area contributed by atoms with Crippen molar-refractivity contribution in [3.63, 3.8) is 0 Å². The molecular weight excluding hydrogens is 264 g/mol. The summed E-state index contributed by atoms with van der Waals surface area (Å²) in [4.78, 5) is 21.6. The Morgan fingerprint density at radius 3 is 2.90 bits per heavy atom. The lowest BCUT2D eigenvalue weighted by molar-refractivity contribution is -0.385. The van der Waals surface area contributed by atoms with Crippen LogP contribution in [0.4, 0.5) is 5.69 Å². The number of nitrogens with one attached hydrogen (secondary N) is 1. The van der Waals surface area contributed by atoms with Crippen molar-refractivity contribution >= 4 is 11.6 Å². The summed E-state index contributed by atoms with van der Waals surface area (Å²) in [7, 11) is 0. The third kappa shape index (κ3) is 4.55. The molecule has 1 aromatic rings. The first-order valence-electron chi connectivity index (χ1n) is 5.82. The fourth-order valence-electron chi connectivity index (χ4n) is 1.40. The van der Waals surface area contributed by atoms with Crippen molar-refractivity contribution in [2.45, 2.75) is 13.0 Å². The van der Waals surface area contributed by atoms with E-state index in [0.29, 0.717) is 5.56 Å². The highest BCUT2D eigenvalue weighted by molar-refractivity contribution is 5.77. The minimum atomic E-state index is -0.594. The molecule has 1 amide bonds. The normalized spacial score (nSPS) is 9.60. The second-order valence-corrected chi connectivity index (χ2v) is 3.81. The van der Waals surface area contributed by atoms with Gasteiger partial charge in [-0.25, -0.2) is 0 Å². The lowest BCUT2D eigenvalue weighted by atomic mass is 10.2. The molecule has 0 aliphatic rings. The molecule has 0 radical (unpaired) electrons. The fraction of sp³-hybridized carbons (Fsp3) is 0.333. The summed E-state index contributed by atoms with van der Waals surface area (Å²) in [5, 5.41) is 21.6. The summed E-state index contributed by atoms with van der Waals surface area (Å²) in [5.74, 6) is -0.457. The highest BCUT2D eigenvalue weighted by atomic mass is 16.6. The SMILES string of the molecule is N#CCCNC(=O)COc1cc(CN)ccc1[N+](=O)[O-]. The molecule has 0 aliphatic heterocycles. The van der Waals surface area contributed by atoms with Crippen LogP contribution < -0.4 is 15.8 Å². The van der Waals surface area contributed by atoms with Crippen LogP contribution in [0.5, 0.6) is 5.75 Å². The smallest absolute Gasteiger partial charge is 0.310 e. The average Bonchev–Trinajstić information content (AvgIpc) is 2.44. The summed E-state index contributed by atoms with van der Waals surface area (Å²) in [6, 6.07) is 6.12. The van der Waals surface area contributed by atoms with E-state index in [1.165, 1.54) is 18.2 Å². The molecule has 3 N–H and O–H groups in total. The summed E-state index contributed by atoms with van der Waals surface area (Å²) < 4.78 is 5.14.